The minimum absolute atomic E-state index is 0.0216. The maximum atomic E-state index is 12.3. The van der Waals surface area contributed by atoms with Crippen LogP contribution in [0.4, 0.5) is 5.69 Å². The first-order valence-electron chi connectivity index (χ1n) is 12.0. The van der Waals surface area contributed by atoms with Crippen LogP contribution in [0, 0.1) is 0 Å². The van der Waals surface area contributed by atoms with Crippen LogP contribution in [-0.2, 0) is 29.2 Å². The van der Waals surface area contributed by atoms with E-state index in [9.17, 15) is 9.59 Å². The van der Waals surface area contributed by atoms with Crippen molar-refractivity contribution in [3.8, 4) is 11.4 Å². The molecule has 5 rings (SSSR count). The molecule has 1 fully saturated rings. The Morgan fingerprint density at radius 1 is 1.00 bits per heavy atom. The molecule has 0 unspecified atom stereocenters. The van der Waals surface area contributed by atoms with Crippen LogP contribution >= 0.6 is 0 Å². The second kappa shape index (κ2) is 10.9. The number of ether oxygens (including phenoxy) is 1. The van der Waals surface area contributed by atoms with E-state index in [1.54, 1.807) is 25.8 Å². The Labute approximate surface area is 215 Å². The highest BCUT2D eigenvalue weighted by atomic mass is 16.5. The summed E-state index contributed by atoms with van der Waals surface area (Å²) in [5, 5.41) is 2.58. The average molecular weight is 497 g/mol. The van der Waals surface area contributed by atoms with Crippen LogP contribution in [0.3, 0.4) is 0 Å². The van der Waals surface area contributed by atoms with Crippen molar-refractivity contribution >= 4 is 17.5 Å². The molecule has 0 radical (unpaired) electrons. The largest absolute Gasteiger partial charge is 0.497 e. The average Bonchev–Trinajstić information content (AvgIpc) is 3.46. The lowest BCUT2D eigenvalue weighted by Gasteiger charge is -2.28. The van der Waals surface area contributed by atoms with Gasteiger partial charge in [0.2, 0.25) is 11.8 Å². The molecule has 2 aromatic carbocycles. The Kier molecular flexibility index (Phi) is 7.12. The number of rotatable bonds is 9. The molecule has 37 heavy (non-hydrogen) atoms. The Morgan fingerprint density at radius 2 is 1.81 bits per heavy atom. The predicted octanol–water partition coefficient (Wildman–Crippen LogP) is 2.94. The summed E-state index contributed by atoms with van der Waals surface area (Å²) in [6, 6.07) is 20.3. The molecular formula is C28H28N6O3. The molecule has 9 nitrogen and oxygen atoms in total. The fraction of sp³-hybridized carbons (Fsp3) is 0.214. The summed E-state index contributed by atoms with van der Waals surface area (Å²) in [5.74, 6) is 0.529. The first kappa shape index (κ1) is 24.1. The fourth-order valence-electron chi connectivity index (χ4n) is 4.37. The van der Waals surface area contributed by atoms with Gasteiger partial charge in [0.15, 0.2) is 0 Å². The first-order chi connectivity index (χ1) is 18.1. The van der Waals surface area contributed by atoms with Gasteiger partial charge in [-0.25, -0.2) is 4.98 Å². The van der Waals surface area contributed by atoms with Crippen LogP contribution in [0.15, 0.2) is 85.6 Å². The van der Waals surface area contributed by atoms with Crippen molar-refractivity contribution in [1.29, 1.82) is 0 Å². The van der Waals surface area contributed by atoms with Gasteiger partial charge >= 0.3 is 0 Å². The van der Waals surface area contributed by atoms with Gasteiger partial charge < -0.3 is 24.4 Å². The second-order valence-corrected chi connectivity index (χ2v) is 8.88. The molecular weight excluding hydrogens is 468 g/mol. The Hall–Kier alpha value is -4.66. The third kappa shape index (κ3) is 5.95. The van der Waals surface area contributed by atoms with Crippen molar-refractivity contribution < 1.29 is 14.3 Å². The molecule has 0 spiro atoms. The van der Waals surface area contributed by atoms with E-state index in [0.29, 0.717) is 13.1 Å². The Morgan fingerprint density at radius 3 is 2.59 bits per heavy atom. The van der Waals surface area contributed by atoms with E-state index >= 15 is 0 Å². The number of nitrogens with zero attached hydrogens (tertiary/aromatic N) is 5. The molecule has 2 aromatic heterocycles. The molecule has 0 bridgehead atoms. The zero-order valence-electron chi connectivity index (χ0n) is 20.6. The number of methoxy groups -OCH3 is 1. The number of aromatic nitrogens is 3. The standard InChI is InChI=1S/C28H28N6O3/c1-37-26-7-3-5-22(13-26)17-33(16-21-4-2-6-24(12-21)32-11-10-29-20-32)25-8-9-30-23(14-25)18-34-19-27(35)31-15-28(34)36/h2-14,20H,15-19H2,1H3,(H,31,35). The first-order valence-corrected chi connectivity index (χ1v) is 12.0. The van der Waals surface area contributed by atoms with Gasteiger partial charge in [-0.2, -0.15) is 0 Å². The maximum absolute atomic E-state index is 12.3. The van der Waals surface area contributed by atoms with E-state index in [-0.39, 0.29) is 31.4 Å². The van der Waals surface area contributed by atoms with Crippen LogP contribution in [0.25, 0.3) is 5.69 Å². The van der Waals surface area contributed by atoms with Gasteiger partial charge in [0.25, 0.3) is 0 Å². The highest BCUT2D eigenvalue weighted by Crippen LogP contribution is 2.24. The number of benzene rings is 2. The fourth-order valence-corrected chi connectivity index (χ4v) is 4.37. The SMILES string of the molecule is COc1cccc(CN(Cc2cccc(-n3ccnc3)c2)c2ccnc(CN3CC(=O)NCC3=O)c2)c1. The van der Waals surface area contributed by atoms with Crippen molar-refractivity contribution in [1.82, 2.24) is 24.8 Å². The van der Waals surface area contributed by atoms with E-state index < -0.39 is 0 Å². The number of amides is 2. The molecule has 9 heteroatoms. The van der Waals surface area contributed by atoms with Gasteiger partial charge in [-0.05, 0) is 47.5 Å². The van der Waals surface area contributed by atoms with E-state index in [2.05, 4.69) is 38.4 Å². The van der Waals surface area contributed by atoms with Crippen molar-refractivity contribution in [2.24, 2.45) is 0 Å². The van der Waals surface area contributed by atoms with E-state index in [1.165, 1.54) is 4.90 Å². The number of hydrogen-bond donors (Lipinski definition) is 1. The summed E-state index contributed by atoms with van der Waals surface area (Å²) < 4.78 is 7.41. The highest BCUT2D eigenvalue weighted by molar-refractivity contribution is 5.92. The number of piperazine rings is 1. The minimum Gasteiger partial charge on any atom is -0.497 e. The summed E-state index contributed by atoms with van der Waals surface area (Å²) >= 11 is 0. The van der Waals surface area contributed by atoms with Crippen LogP contribution in [0.2, 0.25) is 0 Å². The number of carbonyl (C=O) groups excluding carboxylic acids is 2. The van der Waals surface area contributed by atoms with E-state index in [0.717, 1.165) is 33.9 Å². The number of carbonyl (C=O) groups is 2. The van der Waals surface area contributed by atoms with Gasteiger partial charge in [-0.15, -0.1) is 0 Å². The third-order valence-electron chi connectivity index (χ3n) is 6.24. The lowest BCUT2D eigenvalue weighted by atomic mass is 10.1. The summed E-state index contributed by atoms with van der Waals surface area (Å²) in [4.78, 5) is 36.5. The molecule has 1 aliphatic heterocycles. The number of anilines is 1. The van der Waals surface area contributed by atoms with Crippen LogP contribution in [0.5, 0.6) is 5.75 Å². The van der Waals surface area contributed by atoms with Crippen molar-refractivity contribution in [3.05, 3.63) is 102 Å². The normalized spacial score (nSPS) is 13.4. The van der Waals surface area contributed by atoms with E-state index in [4.69, 9.17) is 4.74 Å². The van der Waals surface area contributed by atoms with Crippen LogP contribution < -0.4 is 15.0 Å². The smallest absolute Gasteiger partial charge is 0.242 e. The number of hydrogen-bond acceptors (Lipinski definition) is 6. The molecule has 2 amide bonds. The van der Waals surface area contributed by atoms with Crippen molar-refractivity contribution in [2.75, 3.05) is 25.1 Å². The summed E-state index contributed by atoms with van der Waals surface area (Å²) in [6.07, 6.45) is 7.21. The molecule has 0 aliphatic carbocycles. The Balaban J connectivity index is 1.43. The van der Waals surface area contributed by atoms with Crippen molar-refractivity contribution in [3.63, 3.8) is 0 Å². The maximum Gasteiger partial charge on any atom is 0.242 e. The Bertz CT molecular complexity index is 1390. The number of nitrogens with one attached hydrogen (secondary N) is 1. The minimum atomic E-state index is -0.159. The molecule has 188 valence electrons. The van der Waals surface area contributed by atoms with Gasteiger partial charge in [0.05, 0.1) is 38.8 Å². The summed E-state index contributed by atoms with van der Waals surface area (Å²) in [6.45, 7) is 1.63. The van der Waals surface area contributed by atoms with Crippen LogP contribution in [-0.4, -0.2) is 51.4 Å². The molecule has 1 aliphatic rings. The van der Waals surface area contributed by atoms with E-state index in [1.807, 2.05) is 53.2 Å². The monoisotopic (exact) mass is 496 g/mol. The van der Waals surface area contributed by atoms with Crippen LogP contribution in [0.1, 0.15) is 16.8 Å². The molecule has 3 heterocycles. The zero-order chi connectivity index (χ0) is 25.6. The topological polar surface area (TPSA) is 92.6 Å². The van der Waals surface area contributed by atoms with Gasteiger partial charge in [0, 0.05) is 43.1 Å². The van der Waals surface area contributed by atoms with Crippen molar-refractivity contribution in [2.45, 2.75) is 19.6 Å². The molecule has 0 saturated carbocycles. The summed E-state index contributed by atoms with van der Waals surface area (Å²) in [7, 11) is 1.66. The lowest BCUT2D eigenvalue weighted by Crippen LogP contribution is -2.51. The molecule has 1 saturated heterocycles. The lowest BCUT2D eigenvalue weighted by molar-refractivity contribution is -0.141. The molecule has 4 aromatic rings. The quantitative estimate of drug-likeness (QED) is 0.383. The predicted molar refractivity (Wildman–Crippen MR) is 139 cm³/mol. The number of imidazole rings is 1. The second-order valence-electron chi connectivity index (χ2n) is 8.88. The van der Waals surface area contributed by atoms with Gasteiger partial charge in [-0.3, -0.25) is 14.6 Å². The molecule has 0 atom stereocenters. The highest BCUT2D eigenvalue weighted by Gasteiger charge is 2.23. The summed E-state index contributed by atoms with van der Waals surface area (Å²) in [5.41, 5.74) is 4.97. The van der Waals surface area contributed by atoms with Gasteiger partial charge in [0.1, 0.15) is 5.75 Å². The zero-order valence-corrected chi connectivity index (χ0v) is 20.6. The van der Waals surface area contributed by atoms with Gasteiger partial charge in [-0.1, -0.05) is 24.3 Å². The number of pyridine rings is 1. The third-order valence-corrected chi connectivity index (χ3v) is 6.24. The molecule has 1 N–H and O–H groups in total.